The number of hydrogen-bond acceptors (Lipinski definition) is 5. The molecule has 1 aromatic rings. The number of benzene rings is 1. The summed E-state index contributed by atoms with van der Waals surface area (Å²) in [6.45, 7) is 1.47. The Balaban J connectivity index is 3.14. The van der Waals surface area contributed by atoms with Gasteiger partial charge in [0.15, 0.2) is 4.91 Å². The Morgan fingerprint density at radius 2 is 1.95 bits per heavy atom. The lowest BCUT2D eigenvalue weighted by Crippen LogP contribution is -2.17. The molecule has 0 aliphatic rings. The number of methoxy groups -OCH3 is 1. The fourth-order valence-electron chi connectivity index (χ4n) is 1.44. The maximum Gasteiger partial charge on any atom is 0.347 e. The van der Waals surface area contributed by atoms with Gasteiger partial charge in [-0.05, 0) is 25.1 Å². The second kappa shape index (κ2) is 7.18. The van der Waals surface area contributed by atoms with Gasteiger partial charge in [-0.2, -0.15) is 0 Å². The highest BCUT2D eigenvalue weighted by Gasteiger charge is 2.27. The van der Waals surface area contributed by atoms with Gasteiger partial charge in [0.2, 0.25) is 9.84 Å². The molecule has 1 N–H and O–H groups in total. The van der Waals surface area contributed by atoms with E-state index in [0.29, 0.717) is 0 Å². The van der Waals surface area contributed by atoms with Crippen LogP contribution in [0.1, 0.15) is 6.92 Å². The predicted molar refractivity (Wildman–Crippen MR) is 71.8 cm³/mol. The van der Waals surface area contributed by atoms with Gasteiger partial charge in [-0.25, -0.2) is 13.2 Å². The van der Waals surface area contributed by atoms with Crippen molar-refractivity contribution in [3.05, 3.63) is 41.3 Å². The molecule has 0 amide bonds. The van der Waals surface area contributed by atoms with Gasteiger partial charge >= 0.3 is 5.97 Å². The summed E-state index contributed by atoms with van der Waals surface area (Å²) in [5, 5.41) is 9.11. The van der Waals surface area contributed by atoms with E-state index < -0.39 is 26.8 Å². The van der Waals surface area contributed by atoms with Crippen molar-refractivity contribution in [3.8, 4) is 0 Å². The molecule has 0 saturated carbocycles. The summed E-state index contributed by atoms with van der Waals surface area (Å²) in [4.78, 5) is 10.4. The van der Waals surface area contributed by atoms with Crippen molar-refractivity contribution >= 4 is 15.8 Å². The third-order valence-corrected chi connectivity index (χ3v) is 4.17. The third kappa shape index (κ3) is 4.16. The number of carboxylic acids is 1. The van der Waals surface area contributed by atoms with Crippen LogP contribution in [0.15, 0.2) is 46.2 Å². The van der Waals surface area contributed by atoms with Crippen LogP contribution in [-0.4, -0.2) is 39.5 Å². The number of ether oxygens (including phenoxy) is 2. The zero-order chi connectivity index (χ0) is 15.2. The van der Waals surface area contributed by atoms with E-state index in [1.807, 2.05) is 0 Å². The Labute approximate surface area is 117 Å². The van der Waals surface area contributed by atoms with Crippen LogP contribution in [0.25, 0.3) is 0 Å². The number of rotatable bonds is 7. The summed E-state index contributed by atoms with van der Waals surface area (Å²) in [5.74, 6) is -1.53. The van der Waals surface area contributed by atoms with E-state index in [2.05, 4.69) is 4.74 Å². The molecule has 1 unspecified atom stereocenters. The molecule has 1 aromatic carbocycles. The fraction of sp³-hybridized carbons (Fsp3) is 0.308. The Kier molecular flexibility index (Phi) is 5.87. The molecule has 20 heavy (non-hydrogen) atoms. The maximum absolute atomic E-state index is 12.2. The zero-order valence-corrected chi connectivity index (χ0v) is 12.0. The standard InChI is InChI=1S/C13H16O6S/c1-10(19-9-18-2)8-12(13(14)15)20(16,17)11-6-4-3-5-7-11/h3-8,10H,9H2,1-2H3,(H,14,15)/b12-8+. The van der Waals surface area contributed by atoms with Crippen LogP contribution in [0.2, 0.25) is 0 Å². The van der Waals surface area contributed by atoms with Crippen LogP contribution >= 0.6 is 0 Å². The Morgan fingerprint density at radius 3 is 2.45 bits per heavy atom. The first-order valence-electron chi connectivity index (χ1n) is 5.75. The van der Waals surface area contributed by atoms with Gasteiger partial charge in [-0.15, -0.1) is 0 Å². The first kappa shape index (κ1) is 16.4. The van der Waals surface area contributed by atoms with Crippen LogP contribution in [0.4, 0.5) is 0 Å². The van der Waals surface area contributed by atoms with Gasteiger partial charge < -0.3 is 14.6 Å². The molecule has 1 atom stereocenters. The second-order valence-electron chi connectivity index (χ2n) is 3.93. The maximum atomic E-state index is 12.2. The van der Waals surface area contributed by atoms with E-state index in [4.69, 9.17) is 9.84 Å². The van der Waals surface area contributed by atoms with Crippen LogP contribution < -0.4 is 0 Å². The average Bonchev–Trinajstić information content (AvgIpc) is 2.43. The van der Waals surface area contributed by atoms with Gasteiger partial charge in [-0.3, -0.25) is 0 Å². The van der Waals surface area contributed by atoms with Gasteiger partial charge in [-0.1, -0.05) is 18.2 Å². The normalized spacial score (nSPS) is 14.0. The summed E-state index contributed by atoms with van der Waals surface area (Å²) in [6.07, 6.45) is 0.337. The van der Waals surface area contributed by atoms with Crippen LogP contribution in [-0.2, 0) is 24.1 Å². The van der Waals surface area contributed by atoms with Crippen LogP contribution in [0, 0.1) is 0 Å². The minimum Gasteiger partial charge on any atom is -0.477 e. The predicted octanol–water partition coefficient (Wildman–Crippen LogP) is 1.44. The molecule has 0 spiro atoms. The van der Waals surface area contributed by atoms with Gasteiger partial charge in [0, 0.05) is 7.11 Å². The minimum absolute atomic E-state index is 0.0596. The lowest BCUT2D eigenvalue weighted by Gasteiger charge is -2.10. The Bertz CT molecular complexity index is 576. The van der Waals surface area contributed by atoms with Crippen molar-refractivity contribution in [2.24, 2.45) is 0 Å². The molecule has 0 aliphatic heterocycles. The van der Waals surface area contributed by atoms with E-state index in [-0.39, 0.29) is 11.7 Å². The number of aliphatic carboxylic acids is 1. The smallest absolute Gasteiger partial charge is 0.347 e. The summed E-state index contributed by atoms with van der Waals surface area (Å²) in [7, 11) is -2.67. The molecule has 0 aromatic heterocycles. The number of sulfone groups is 1. The van der Waals surface area contributed by atoms with Gasteiger partial charge in [0.05, 0.1) is 11.0 Å². The topological polar surface area (TPSA) is 89.9 Å². The minimum atomic E-state index is -4.08. The Morgan fingerprint density at radius 1 is 1.35 bits per heavy atom. The molecule has 1 rings (SSSR count). The van der Waals surface area contributed by atoms with Crippen molar-refractivity contribution in [1.29, 1.82) is 0 Å². The van der Waals surface area contributed by atoms with Crippen molar-refractivity contribution in [2.75, 3.05) is 13.9 Å². The highest BCUT2D eigenvalue weighted by atomic mass is 32.2. The van der Waals surface area contributed by atoms with Gasteiger partial charge in [0.1, 0.15) is 6.79 Å². The number of carbonyl (C=O) groups is 1. The Hall–Kier alpha value is -1.70. The molecule has 0 aliphatic carbocycles. The van der Waals surface area contributed by atoms with E-state index >= 15 is 0 Å². The molecule has 0 saturated heterocycles. The number of hydrogen-bond donors (Lipinski definition) is 1. The van der Waals surface area contributed by atoms with Crippen molar-refractivity contribution in [1.82, 2.24) is 0 Å². The summed E-state index contributed by atoms with van der Waals surface area (Å²) < 4.78 is 34.2. The molecule has 7 heteroatoms. The van der Waals surface area contributed by atoms with Crippen molar-refractivity contribution < 1.29 is 27.8 Å². The molecule has 0 radical (unpaired) electrons. The van der Waals surface area contributed by atoms with Crippen molar-refractivity contribution in [3.63, 3.8) is 0 Å². The summed E-state index contributed by atoms with van der Waals surface area (Å²) in [6, 6.07) is 7.38. The van der Waals surface area contributed by atoms with E-state index in [9.17, 15) is 13.2 Å². The highest BCUT2D eigenvalue weighted by molar-refractivity contribution is 7.96. The zero-order valence-electron chi connectivity index (χ0n) is 11.1. The lowest BCUT2D eigenvalue weighted by atomic mass is 10.3. The summed E-state index contributed by atoms with van der Waals surface area (Å²) >= 11 is 0. The molecular formula is C13H16O6S. The molecule has 6 nitrogen and oxygen atoms in total. The quantitative estimate of drug-likeness (QED) is 0.605. The first-order chi connectivity index (χ1) is 9.39. The lowest BCUT2D eigenvalue weighted by molar-refractivity contribution is -0.132. The second-order valence-corrected chi connectivity index (χ2v) is 5.85. The summed E-state index contributed by atoms with van der Waals surface area (Å²) in [5.41, 5.74) is 0. The fourth-order valence-corrected chi connectivity index (χ4v) is 2.81. The van der Waals surface area contributed by atoms with E-state index in [0.717, 1.165) is 6.08 Å². The van der Waals surface area contributed by atoms with E-state index in [1.165, 1.54) is 38.3 Å². The third-order valence-electron chi connectivity index (χ3n) is 2.39. The average molecular weight is 300 g/mol. The molecule has 0 bridgehead atoms. The monoisotopic (exact) mass is 300 g/mol. The molecule has 0 heterocycles. The molecule has 0 fully saturated rings. The highest BCUT2D eigenvalue weighted by Crippen LogP contribution is 2.20. The van der Waals surface area contributed by atoms with Crippen LogP contribution in [0.5, 0.6) is 0 Å². The van der Waals surface area contributed by atoms with Gasteiger partial charge in [0.25, 0.3) is 0 Å². The van der Waals surface area contributed by atoms with E-state index in [1.54, 1.807) is 6.07 Å². The van der Waals surface area contributed by atoms with Crippen molar-refractivity contribution in [2.45, 2.75) is 17.9 Å². The SMILES string of the molecule is COCOC(C)/C=C(\C(=O)O)S(=O)(=O)c1ccccc1. The molecular weight excluding hydrogens is 284 g/mol. The van der Waals surface area contributed by atoms with Crippen LogP contribution in [0.3, 0.4) is 0 Å². The first-order valence-corrected chi connectivity index (χ1v) is 7.23. The number of carboxylic acid groups (broad SMARTS) is 1. The largest absolute Gasteiger partial charge is 0.477 e. The molecule has 110 valence electrons.